The first-order chi connectivity index (χ1) is 7.66. The Bertz CT molecular complexity index is 405. The quantitative estimate of drug-likeness (QED) is 0.845. The van der Waals surface area contributed by atoms with Crippen molar-refractivity contribution in [3.8, 4) is 0 Å². The van der Waals surface area contributed by atoms with Gasteiger partial charge in [-0.2, -0.15) is 0 Å². The molecule has 0 aliphatic carbocycles. The lowest BCUT2D eigenvalue weighted by Crippen LogP contribution is -2.32. The van der Waals surface area contributed by atoms with Gasteiger partial charge in [0.15, 0.2) is 0 Å². The van der Waals surface area contributed by atoms with E-state index in [1.54, 1.807) is 11.0 Å². The van der Waals surface area contributed by atoms with Gasteiger partial charge in [0.05, 0.1) is 5.69 Å². The molecule has 1 aliphatic heterocycles. The second-order valence-electron chi connectivity index (χ2n) is 3.75. The zero-order chi connectivity index (χ0) is 11.5. The summed E-state index contributed by atoms with van der Waals surface area (Å²) >= 11 is 3.27. The molecule has 1 heterocycles. The molecule has 1 aliphatic rings. The molecule has 0 unspecified atom stereocenters. The second-order valence-corrected chi connectivity index (χ2v) is 4.60. The van der Waals surface area contributed by atoms with Gasteiger partial charge in [-0.05, 0) is 47.0 Å². The number of halogens is 2. The summed E-state index contributed by atoms with van der Waals surface area (Å²) < 4.78 is 13.7. The number of carbonyl (C=O) groups is 1. The van der Waals surface area contributed by atoms with E-state index < -0.39 is 0 Å². The molecule has 0 bridgehead atoms. The first kappa shape index (κ1) is 11.4. The summed E-state index contributed by atoms with van der Waals surface area (Å²) in [5.41, 5.74) is 0.469. The predicted molar refractivity (Wildman–Crippen MR) is 63.9 cm³/mol. The van der Waals surface area contributed by atoms with E-state index in [4.69, 9.17) is 0 Å². The predicted octanol–water partition coefficient (Wildman–Crippen LogP) is 3.22. The normalized spacial score (nSPS) is 15.2. The Morgan fingerprint density at radius 2 is 2.06 bits per heavy atom. The van der Waals surface area contributed by atoms with E-state index >= 15 is 0 Å². The average Bonchev–Trinajstić information content (AvgIpc) is 2.76. The number of anilines is 1. The van der Waals surface area contributed by atoms with Crippen molar-refractivity contribution in [3.05, 3.63) is 28.5 Å². The maximum atomic E-state index is 13.0. The van der Waals surface area contributed by atoms with Gasteiger partial charge in [0.25, 0.3) is 0 Å². The van der Waals surface area contributed by atoms with Crippen LogP contribution in [0.1, 0.15) is 12.8 Å². The highest BCUT2D eigenvalue weighted by atomic mass is 79.9. The minimum atomic E-state index is -0.361. The van der Waals surface area contributed by atoms with Crippen molar-refractivity contribution in [3.63, 3.8) is 0 Å². The van der Waals surface area contributed by atoms with Crippen molar-refractivity contribution in [2.24, 2.45) is 0 Å². The lowest BCUT2D eigenvalue weighted by molar-refractivity contribution is 0.222. The van der Waals surface area contributed by atoms with Crippen molar-refractivity contribution in [1.82, 2.24) is 4.90 Å². The highest BCUT2D eigenvalue weighted by molar-refractivity contribution is 9.10. The lowest BCUT2D eigenvalue weighted by Gasteiger charge is -2.16. The van der Waals surface area contributed by atoms with Crippen LogP contribution in [-0.2, 0) is 0 Å². The summed E-state index contributed by atoms with van der Waals surface area (Å²) in [7, 11) is 0. The Hall–Kier alpha value is -1.10. The largest absolute Gasteiger partial charge is 0.325 e. The molecule has 0 atom stereocenters. The summed E-state index contributed by atoms with van der Waals surface area (Å²) in [6.07, 6.45) is 2.08. The number of hydrogen-bond donors (Lipinski definition) is 1. The molecule has 2 amide bonds. The Labute approximate surface area is 102 Å². The van der Waals surface area contributed by atoms with Gasteiger partial charge in [-0.1, -0.05) is 0 Å². The zero-order valence-corrected chi connectivity index (χ0v) is 10.3. The van der Waals surface area contributed by atoms with Gasteiger partial charge in [-0.25, -0.2) is 9.18 Å². The van der Waals surface area contributed by atoms with Crippen LogP contribution >= 0.6 is 15.9 Å². The number of benzene rings is 1. The number of likely N-dealkylation sites (tertiary alicyclic amines) is 1. The van der Waals surface area contributed by atoms with Crippen molar-refractivity contribution in [2.45, 2.75) is 12.8 Å². The van der Waals surface area contributed by atoms with Crippen LogP contribution in [0.5, 0.6) is 0 Å². The lowest BCUT2D eigenvalue weighted by atomic mass is 10.3. The fourth-order valence-electron chi connectivity index (χ4n) is 1.71. The molecule has 1 saturated heterocycles. The first-order valence-corrected chi connectivity index (χ1v) is 5.97. The number of nitrogens with zero attached hydrogens (tertiary/aromatic N) is 1. The third-order valence-electron chi connectivity index (χ3n) is 2.56. The van der Waals surface area contributed by atoms with E-state index in [0.717, 1.165) is 25.9 Å². The maximum absolute atomic E-state index is 13.0. The van der Waals surface area contributed by atoms with Crippen molar-refractivity contribution < 1.29 is 9.18 Å². The molecule has 0 spiro atoms. The van der Waals surface area contributed by atoms with Crippen LogP contribution in [0, 0.1) is 5.82 Å². The van der Waals surface area contributed by atoms with E-state index in [9.17, 15) is 9.18 Å². The average molecular weight is 287 g/mol. The van der Waals surface area contributed by atoms with Crippen LogP contribution in [0.3, 0.4) is 0 Å². The second kappa shape index (κ2) is 4.82. The Morgan fingerprint density at radius 1 is 1.38 bits per heavy atom. The molecule has 1 aromatic rings. The third kappa shape index (κ3) is 2.52. The van der Waals surface area contributed by atoms with Crippen LogP contribution in [0.25, 0.3) is 0 Å². The standard InChI is InChI=1S/C11H12BrFN2O/c12-9-4-3-8(13)7-10(9)14-11(16)15-5-1-2-6-15/h3-4,7H,1-2,5-6H2,(H,14,16). The van der Waals surface area contributed by atoms with E-state index in [-0.39, 0.29) is 11.8 Å². The number of urea groups is 1. The number of nitrogens with one attached hydrogen (secondary N) is 1. The molecule has 0 saturated carbocycles. The van der Waals surface area contributed by atoms with Gasteiger partial charge in [0.2, 0.25) is 0 Å². The van der Waals surface area contributed by atoms with Crippen LogP contribution in [0.4, 0.5) is 14.9 Å². The monoisotopic (exact) mass is 286 g/mol. The van der Waals surface area contributed by atoms with Gasteiger partial charge in [-0.15, -0.1) is 0 Å². The highest BCUT2D eigenvalue weighted by Crippen LogP contribution is 2.23. The topological polar surface area (TPSA) is 32.3 Å². The molecule has 0 aromatic heterocycles. The molecule has 1 fully saturated rings. The van der Waals surface area contributed by atoms with Crippen LogP contribution in [0.15, 0.2) is 22.7 Å². The molecule has 2 rings (SSSR count). The Kier molecular flexibility index (Phi) is 3.43. The van der Waals surface area contributed by atoms with Crippen LogP contribution in [-0.4, -0.2) is 24.0 Å². The van der Waals surface area contributed by atoms with E-state index in [0.29, 0.717) is 10.2 Å². The third-order valence-corrected chi connectivity index (χ3v) is 3.25. The minimum Gasteiger partial charge on any atom is -0.325 e. The van der Waals surface area contributed by atoms with Gasteiger partial charge in [-0.3, -0.25) is 0 Å². The number of hydrogen-bond acceptors (Lipinski definition) is 1. The SMILES string of the molecule is O=C(Nc1cc(F)ccc1Br)N1CCCC1. The number of carbonyl (C=O) groups excluding carboxylic acids is 1. The Balaban J connectivity index is 2.07. The van der Waals surface area contributed by atoms with Gasteiger partial charge >= 0.3 is 6.03 Å². The fourth-order valence-corrected chi connectivity index (χ4v) is 2.05. The van der Waals surface area contributed by atoms with E-state index in [1.807, 2.05) is 0 Å². The van der Waals surface area contributed by atoms with Crippen molar-refractivity contribution >= 4 is 27.6 Å². The molecular formula is C11H12BrFN2O. The summed E-state index contributed by atoms with van der Waals surface area (Å²) in [5.74, 6) is -0.361. The first-order valence-electron chi connectivity index (χ1n) is 5.18. The minimum absolute atomic E-state index is 0.163. The van der Waals surface area contributed by atoms with Gasteiger partial charge in [0, 0.05) is 17.6 Å². The fraction of sp³-hybridized carbons (Fsp3) is 0.364. The molecule has 3 nitrogen and oxygen atoms in total. The Morgan fingerprint density at radius 3 is 2.75 bits per heavy atom. The van der Waals surface area contributed by atoms with Crippen LogP contribution < -0.4 is 5.32 Å². The summed E-state index contributed by atoms with van der Waals surface area (Å²) in [4.78, 5) is 13.5. The van der Waals surface area contributed by atoms with Crippen LogP contribution in [0.2, 0.25) is 0 Å². The van der Waals surface area contributed by atoms with E-state index in [1.165, 1.54) is 12.1 Å². The van der Waals surface area contributed by atoms with E-state index in [2.05, 4.69) is 21.2 Å². The molecule has 86 valence electrons. The van der Waals surface area contributed by atoms with Gasteiger partial charge < -0.3 is 10.2 Å². The summed E-state index contributed by atoms with van der Waals surface area (Å²) in [6, 6.07) is 4.06. The molecule has 1 aromatic carbocycles. The zero-order valence-electron chi connectivity index (χ0n) is 8.67. The number of rotatable bonds is 1. The highest BCUT2D eigenvalue weighted by Gasteiger charge is 2.18. The summed E-state index contributed by atoms with van der Waals surface area (Å²) in [6.45, 7) is 1.55. The maximum Gasteiger partial charge on any atom is 0.321 e. The van der Waals surface area contributed by atoms with Gasteiger partial charge in [0.1, 0.15) is 5.82 Å². The molecule has 1 N–H and O–H groups in total. The molecule has 5 heteroatoms. The molecule has 0 radical (unpaired) electrons. The van der Waals surface area contributed by atoms with Crippen molar-refractivity contribution in [1.29, 1.82) is 0 Å². The molecule has 16 heavy (non-hydrogen) atoms. The number of amides is 2. The summed E-state index contributed by atoms with van der Waals surface area (Å²) in [5, 5.41) is 2.69. The molecular weight excluding hydrogens is 275 g/mol. The van der Waals surface area contributed by atoms with Crippen molar-refractivity contribution in [2.75, 3.05) is 18.4 Å². The smallest absolute Gasteiger partial charge is 0.321 e.